The predicted octanol–water partition coefficient (Wildman–Crippen LogP) is 3.58. The van der Waals surface area contributed by atoms with Gasteiger partial charge in [0.2, 0.25) is 0 Å². The third-order valence-corrected chi connectivity index (χ3v) is 3.49. The Kier molecular flexibility index (Phi) is 6.39. The molecule has 2 aromatic rings. The van der Waals surface area contributed by atoms with Crippen LogP contribution in [-0.2, 0) is 14.3 Å². The van der Waals surface area contributed by atoms with Gasteiger partial charge in [-0.05, 0) is 39.3 Å². The van der Waals surface area contributed by atoms with Crippen LogP contribution >= 0.6 is 0 Å². The molecule has 5 heteroatoms. The molecule has 26 heavy (non-hydrogen) atoms. The summed E-state index contributed by atoms with van der Waals surface area (Å²) in [6.45, 7) is 6.86. The van der Waals surface area contributed by atoms with E-state index in [-0.39, 0.29) is 18.1 Å². The zero-order chi connectivity index (χ0) is 19.2. The highest BCUT2D eigenvalue weighted by Crippen LogP contribution is 2.29. The summed E-state index contributed by atoms with van der Waals surface area (Å²) in [5.41, 5.74) is 1.50. The van der Waals surface area contributed by atoms with Crippen molar-refractivity contribution in [2.45, 2.75) is 39.3 Å². The number of carbonyl (C=O) groups is 2. The van der Waals surface area contributed by atoms with Gasteiger partial charge in [0.25, 0.3) is 5.91 Å². The van der Waals surface area contributed by atoms with Gasteiger partial charge in [0.15, 0.2) is 12.7 Å². The highest BCUT2D eigenvalue weighted by atomic mass is 16.6. The molecule has 0 fully saturated rings. The van der Waals surface area contributed by atoms with Gasteiger partial charge in [0.1, 0.15) is 5.75 Å². The number of hydrogen-bond donors (Lipinski definition) is 1. The van der Waals surface area contributed by atoms with E-state index in [9.17, 15) is 9.59 Å². The average Bonchev–Trinajstić information content (AvgIpc) is 2.59. The first kappa shape index (κ1) is 19.5. The van der Waals surface area contributed by atoms with Gasteiger partial charge in [-0.25, -0.2) is 4.79 Å². The molecule has 0 aliphatic heterocycles. The molecular formula is C21H25NO4. The van der Waals surface area contributed by atoms with E-state index in [2.05, 4.69) is 5.32 Å². The second-order valence-corrected chi connectivity index (χ2v) is 7.02. The zero-order valence-corrected chi connectivity index (χ0v) is 15.6. The van der Waals surface area contributed by atoms with Crippen molar-refractivity contribution in [1.29, 1.82) is 0 Å². The molecule has 2 aromatic carbocycles. The summed E-state index contributed by atoms with van der Waals surface area (Å²) < 4.78 is 10.8. The Labute approximate surface area is 154 Å². The normalized spacial score (nSPS) is 12.2. The summed E-state index contributed by atoms with van der Waals surface area (Å²) in [6.07, 6.45) is -0.880. The average molecular weight is 355 g/mol. The second-order valence-electron chi connectivity index (χ2n) is 7.02. The Balaban J connectivity index is 1.95. The van der Waals surface area contributed by atoms with Crippen molar-refractivity contribution in [1.82, 2.24) is 5.32 Å². The lowest BCUT2D eigenvalue weighted by molar-refractivity contribution is -0.157. The van der Waals surface area contributed by atoms with Crippen LogP contribution in [0.3, 0.4) is 0 Å². The van der Waals surface area contributed by atoms with Crippen molar-refractivity contribution >= 4 is 11.9 Å². The Morgan fingerprint density at radius 1 is 1.00 bits per heavy atom. The summed E-state index contributed by atoms with van der Waals surface area (Å²) in [5.74, 6) is -0.345. The van der Waals surface area contributed by atoms with Crippen LogP contribution in [0.1, 0.15) is 27.7 Å². The standard InChI is InChI=1S/C21H25NO4/c1-15(20(24)22-21(2,3)4)26-19(23)14-25-18-13-9-8-12-17(18)16-10-6-5-7-11-16/h5-13,15H,14H2,1-4H3,(H,22,24)/t15-/m1/s1. The van der Waals surface area contributed by atoms with Crippen molar-refractivity contribution < 1.29 is 19.1 Å². The summed E-state index contributed by atoms with van der Waals surface area (Å²) in [7, 11) is 0. The van der Waals surface area contributed by atoms with E-state index in [0.717, 1.165) is 11.1 Å². The van der Waals surface area contributed by atoms with Crippen LogP contribution in [0.2, 0.25) is 0 Å². The fraction of sp³-hybridized carbons (Fsp3) is 0.333. The van der Waals surface area contributed by atoms with Crippen molar-refractivity contribution in [3.05, 3.63) is 54.6 Å². The number of hydrogen-bond acceptors (Lipinski definition) is 4. The first-order chi connectivity index (χ1) is 12.3. The molecule has 0 heterocycles. The number of nitrogens with one attached hydrogen (secondary N) is 1. The van der Waals surface area contributed by atoms with Crippen LogP contribution in [0.4, 0.5) is 0 Å². The molecule has 0 unspecified atom stereocenters. The van der Waals surface area contributed by atoms with Crippen LogP contribution in [-0.4, -0.2) is 30.1 Å². The maximum atomic E-state index is 12.0. The molecule has 0 aliphatic rings. The number of benzene rings is 2. The van der Waals surface area contributed by atoms with Crippen molar-refractivity contribution in [3.8, 4) is 16.9 Å². The minimum atomic E-state index is -0.880. The van der Waals surface area contributed by atoms with Gasteiger partial charge < -0.3 is 14.8 Å². The van der Waals surface area contributed by atoms with Crippen LogP contribution in [0.5, 0.6) is 5.75 Å². The molecule has 0 radical (unpaired) electrons. The highest BCUT2D eigenvalue weighted by molar-refractivity contribution is 5.84. The number of carbonyl (C=O) groups excluding carboxylic acids is 2. The summed E-state index contributed by atoms with van der Waals surface area (Å²) >= 11 is 0. The molecule has 0 spiro atoms. The molecule has 2 rings (SSSR count). The summed E-state index contributed by atoms with van der Waals surface area (Å²) in [6, 6.07) is 17.2. The highest BCUT2D eigenvalue weighted by Gasteiger charge is 2.22. The smallest absolute Gasteiger partial charge is 0.344 e. The molecule has 5 nitrogen and oxygen atoms in total. The Morgan fingerprint density at radius 2 is 1.62 bits per heavy atom. The van der Waals surface area contributed by atoms with Gasteiger partial charge in [-0.15, -0.1) is 0 Å². The summed E-state index contributed by atoms with van der Waals surface area (Å²) in [5, 5.41) is 2.77. The van der Waals surface area contributed by atoms with E-state index >= 15 is 0 Å². The number of esters is 1. The number of rotatable bonds is 6. The Morgan fingerprint density at radius 3 is 2.27 bits per heavy atom. The van der Waals surface area contributed by atoms with E-state index < -0.39 is 12.1 Å². The minimum absolute atomic E-state index is 0.267. The first-order valence-electron chi connectivity index (χ1n) is 8.55. The number of ether oxygens (including phenoxy) is 2. The molecule has 1 atom stereocenters. The van der Waals surface area contributed by atoms with E-state index in [4.69, 9.17) is 9.47 Å². The molecule has 0 saturated heterocycles. The molecule has 1 N–H and O–H groups in total. The maximum Gasteiger partial charge on any atom is 0.344 e. The molecule has 0 aromatic heterocycles. The molecule has 138 valence electrons. The zero-order valence-electron chi connectivity index (χ0n) is 15.6. The van der Waals surface area contributed by atoms with Gasteiger partial charge in [0, 0.05) is 11.1 Å². The molecule has 0 bridgehead atoms. The van der Waals surface area contributed by atoms with Crippen LogP contribution < -0.4 is 10.1 Å². The second kappa shape index (κ2) is 8.52. The van der Waals surface area contributed by atoms with Crippen LogP contribution in [0.25, 0.3) is 11.1 Å². The van der Waals surface area contributed by atoms with E-state index in [1.165, 1.54) is 6.92 Å². The van der Waals surface area contributed by atoms with Gasteiger partial charge >= 0.3 is 5.97 Å². The molecule has 0 saturated carbocycles. The van der Waals surface area contributed by atoms with Crippen molar-refractivity contribution in [2.75, 3.05) is 6.61 Å². The fourth-order valence-corrected chi connectivity index (χ4v) is 2.34. The van der Waals surface area contributed by atoms with Gasteiger partial charge in [-0.2, -0.15) is 0 Å². The van der Waals surface area contributed by atoms with E-state index in [1.807, 2.05) is 69.3 Å². The predicted molar refractivity (Wildman–Crippen MR) is 101 cm³/mol. The Hall–Kier alpha value is -2.82. The Bertz CT molecular complexity index is 750. The lowest BCUT2D eigenvalue weighted by Crippen LogP contribution is -2.46. The van der Waals surface area contributed by atoms with Crippen molar-refractivity contribution in [3.63, 3.8) is 0 Å². The number of para-hydroxylation sites is 1. The fourth-order valence-electron chi connectivity index (χ4n) is 2.34. The SMILES string of the molecule is C[C@@H](OC(=O)COc1ccccc1-c1ccccc1)C(=O)NC(C)(C)C. The van der Waals surface area contributed by atoms with Crippen molar-refractivity contribution in [2.24, 2.45) is 0 Å². The van der Waals surface area contributed by atoms with E-state index in [0.29, 0.717) is 5.75 Å². The minimum Gasteiger partial charge on any atom is -0.481 e. The van der Waals surface area contributed by atoms with Crippen LogP contribution in [0, 0.1) is 0 Å². The topological polar surface area (TPSA) is 64.6 Å². The van der Waals surface area contributed by atoms with Gasteiger partial charge in [-0.1, -0.05) is 48.5 Å². The third kappa shape index (κ3) is 5.92. The summed E-state index contributed by atoms with van der Waals surface area (Å²) in [4.78, 5) is 24.0. The van der Waals surface area contributed by atoms with Gasteiger partial charge in [-0.3, -0.25) is 4.79 Å². The monoisotopic (exact) mass is 355 g/mol. The maximum absolute atomic E-state index is 12.0. The van der Waals surface area contributed by atoms with E-state index in [1.54, 1.807) is 6.07 Å². The molecule has 0 aliphatic carbocycles. The first-order valence-corrected chi connectivity index (χ1v) is 8.55. The largest absolute Gasteiger partial charge is 0.481 e. The van der Waals surface area contributed by atoms with Gasteiger partial charge in [0.05, 0.1) is 0 Å². The molecular weight excluding hydrogens is 330 g/mol. The number of amides is 1. The lowest BCUT2D eigenvalue weighted by Gasteiger charge is -2.23. The lowest BCUT2D eigenvalue weighted by atomic mass is 10.1. The molecule has 1 amide bonds. The third-order valence-electron chi connectivity index (χ3n) is 3.49. The van der Waals surface area contributed by atoms with Crippen LogP contribution in [0.15, 0.2) is 54.6 Å². The quantitative estimate of drug-likeness (QED) is 0.805.